The van der Waals surface area contributed by atoms with Crippen LogP contribution >= 0.6 is 0 Å². The minimum Gasteiger partial charge on any atom is -0.370 e. The number of aryl methyl sites for hydroxylation is 1. The van der Waals surface area contributed by atoms with Crippen LogP contribution in [0.25, 0.3) is 0 Å². The van der Waals surface area contributed by atoms with Gasteiger partial charge in [0.1, 0.15) is 11.9 Å². The minimum absolute atomic E-state index is 0.101. The number of hydrogen-bond donors (Lipinski definition) is 1. The van der Waals surface area contributed by atoms with Crippen molar-refractivity contribution < 1.29 is 4.74 Å². The average Bonchev–Trinajstić information content (AvgIpc) is 2.90. The number of nitrogens with zero attached hydrogens (tertiary/aromatic N) is 2. The van der Waals surface area contributed by atoms with E-state index in [0.717, 1.165) is 62.6 Å². The number of rotatable bonds is 6. The fourth-order valence-electron chi connectivity index (χ4n) is 2.17. The van der Waals surface area contributed by atoms with Gasteiger partial charge < -0.3 is 10.1 Å². The molecule has 0 aromatic carbocycles. The fourth-order valence-corrected chi connectivity index (χ4v) is 2.17. The van der Waals surface area contributed by atoms with Gasteiger partial charge in [0.05, 0.1) is 0 Å². The van der Waals surface area contributed by atoms with Crippen LogP contribution in [0.3, 0.4) is 0 Å². The van der Waals surface area contributed by atoms with E-state index >= 15 is 0 Å². The highest BCUT2D eigenvalue weighted by Gasteiger charge is 2.21. The maximum absolute atomic E-state index is 5.68. The quantitative estimate of drug-likeness (QED) is 0.841. The third-order valence-corrected chi connectivity index (χ3v) is 3.08. The third kappa shape index (κ3) is 3.42. The summed E-state index contributed by atoms with van der Waals surface area (Å²) in [6.45, 7) is 6.12. The highest BCUT2D eigenvalue weighted by Crippen LogP contribution is 2.27. The monoisotopic (exact) mass is 249 g/mol. The fraction of sp³-hybridized carbons (Fsp3) is 0.714. The Morgan fingerprint density at radius 3 is 2.89 bits per heavy atom. The van der Waals surface area contributed by atoms with Gasteiger partial charge in [-0.3, -0.25) is 0 Å². The molecule has 2 heterocycles. The van der Waals surface area contributed by atoms with Gasteiger partial charge in [-0.05, 0) is 25.7 Å². The second-order valence-corrected chi connectivity index (χ2v) is 4.78. The molecule has 18 heavy (non-hydrogen) atoms. The Balaban J connectivity index is 2.17. The standard InChI is InChI=1S/C14H23N3O/c1-3-6-11-10-13(15-8-4-2)17-14(16-11)12-7-5-9-18-12/h10,12H,3-9H2,1-2H3,(H,15,16,17). The average molecular weight is 249 g/mol. The summed E-state index contributed by atoms with van der Waals surface area (Å²) in [5.41, 5.74) is 1.12. The summed E-state index contributed by atoms with van der Waals surface area (Å²) < 4.78 is 5.68. The van der Waals surface area contributed by atoms with Crippen LogP contribution in [0.2, 0.25) is 0 Å². The number of anilines is 1. The Kier molecular flexibility index (Phi) is 4.93. The molecule has 1 atom stereocenters. The molecule has 1 aliphatic rings. The van der Waals surface area contributed by atoms with Gasteiger partial charge >= 0.3 is 0 Å². The van der Waals surface area contributed by atoms with E-state index in [0.29, 0.717) is 0 Å². The van der Waals surface area contributed by atoms with Crippen LogP contribution < -0.4 is 5.32 Å². The molecule has 1 N–H and O–H groups in total. The van der Waals surface area contributed by atoms with Crippen LogP contribution in [-0.2, 0) is 11.2 Å². The number of aromatic nitrogens is 2. The molecule has 1 aromatic rings. The van der Waals surface area contributed by atoms with E-state index in [1.165, 1.54) is 0 Å². The molecule has 1 aliphatic heterocycles. The van der Waals surface area contributed by atoms with E-state index in [4.69, 9.17) is 4.74 Å². The van der Waals surface area contributed by atoms with Crippen molar-refractivity contribution in [2.45, 2.75) is 52.1 Å². The summed E-state index contributed by atoms with van der Waals surface area (Å²) in [5, 5.41) is 3.35. The van der Waals surface area contributed by atoms with Crippen molar-refractivity contribution in [2.24, 2.45) is 0 Å². The molecule has 0 bridgehead atoms. The number of hydrogen-bond acceptors (Lipinski definition) is 4. The zero-order chi connectivity index (χ0) is 12.8. The Morgan fingerprint density at radius 1 is 1.33 bits per heavy atom. The van der Waals surface area contributed by atoms with Gasteiger partial charge in [0, 0.05) is 24.9 Å². The molecule has 0 spiro atoms. The molecule has 100 valence electrons. The highest BCUT2D eigenvalue weighted by molar-refractivity contribution is 5.36. The second-order valence-electron chi connectivity index (χ2n) is 4.78. The summed E-state index contributed by atoms with van der Waals surface area (Å²) >= 11 is 0. The lowest BCUT2D eigenvalue weighted by Gasteiger charge is -2.12. The summed E-state index contributed by atoms with van der Waals surface area (Å²) in [7, 11) is 0. The summed E-state index contributed by atoms with van der Waals surface area (Å²) in [4.78, 5) is 9.23. The van der Waals surface area contributed by atoms with Crippen LogP contribution in [0.5, 0.6) is 0 Å². The van der Waals surface area contributed by atoms with E-state index < -0.39 is 0 Å². The van der Waals surface area contributed by atoms with Crippen molar-refractivity contribution in [2.75, 3.05) is 18.5 Å². The summed E-state index contributed by atoms with van der Waals surface area (Å²) in [6.07, 6.45) is 5.47. The lowest BCUT2D eigenvalue weighted by molar-refractivity contribution is 0.105. The molecule has 4 nitrogen and oxygen atoms in total. The van der Waals surface area contributed by atoms with E-state index in [1.54, 1.807) is 0 Å². The molecular formula is C14H23N3O. The zero-order valence-corrected chi connectivity index (χ0v) is 11.4. The smallest absolute Gasteiger partial charge is 0.159 e. The highest BCUT2D eigenvalue weighted by atomic mass is 16.5. The molecular weight excluding hydrogens is 226 g/mol. The van der Waals surface area contributed by atoms with E-state index in [9.17, 15) is 0 Å². The van der Waals surface area contributed by atoms with E-state index in [-0.39, 0.29) is 6.10 Å². The van der Waals surface area contributed by atoms with Gasteiger partial charge in [0.25, 0.3) is 0 Å². The van der Waals surface area contributed by atoms with Crippen LogP contribution in [0, 0.1) is 0 Å². The van der Waals surface area contributed by atoms with Gasteiger partial charge in [-0.25, -0.2) is 9.97 Å². The van der Waals surface area contributed by atoms with Gasteiger partial charge in [-0.15, -0.1) is 0 Å². The van der Waals surface area contributed by atoms with Crippen molar-refractivity contribution in [1.82, 2.24) is 9.97 Å². The molecule has 1 aromatic heterocycles. The Hall–Kier alpha value is -1.16. The van der Waals surface area contributed by atoms with E-state index in [2.05, 4.69) is 35.2 Å². The third-order valence-electron chi connectivity index (χ3n) is 3.08. The van der Waals surface area contributed by atoms with E-state index in [1.807, 2.05) is 0 Å². The maximum atomic E-state index is 5.68. The van der Waals surface area contributed by atoms with Gasteiger partial charge in [0.2, 0.25) is 0 Å². The topological polar surface area (TPSA) is 47.0 Å². The molecule has 0 saturated carbocycles. The van der Waals surface area contributed by atoms with Crippen LogP contribution in [0.4, 0.5) is 5.82 Å². The summed E-state index contributed by atoms with van der Waals surface area (Å²) in [6, 6.07) is 2.07. The first kappa shape index (κ1) is 13.3. The van der Waals surface area contributed by atoms with Crippen LogP contribution in [-0.4, -0.2) is 23.1 Å². The first-order valence-electron chi connectivity index (χ1n) is 7.06. The minimum atomic E-state index is 0.101. The Labute approximate surface area is 109 Å². The molecule has 1 saturated heterocycles. The summed E-state index contributed by atoms with van der Waals surface area (Å²) in [5.74, 6) is 1.80. The van der Waals surface area contributed by atoms with Crippen LogP contribution in [0.15, 0.2) is 6.07 Å². The number of nitrogens with one attached hydrogen (secondary N) is 1. The molecule has 2 rings (SSSR count). The van der Waals surface area contributed by atoms with Crippen molar-refractivity contribution in [3.63, 3.8) is 0 Å². The predicted octanol–water partition coefficient (Wildman–Crippen LogP) is 3.10. The van der Waals surface area contributed by atoms with Gasteiger partial charge in [-0.1, -0.05) is 20.3 Å². The first-order chi connectivity index (χ1) is 8.83. The molecule has 0 amide bonds. The molecule has 0 aliphatic carbocycles. The van der Waals surface area contributed by atoms with Crippen molar-refractivity contribution >= 4 is 5.82 Å². The SMILES string of the molecule is CCCNc1cc(CCC)nc(C2CCCO2)n1. The molecule has 1 unspecified atom stereocenters. The molecule has 0 radical (unpaired) electrons. The molecule has 4 heteroatoms. The lowest BCUT2D eigenvalue weighted by atomic mass is 10.2. The van der Waals surface area contributed by atoms with Crippen LogP contribution in [0.1, 0.15) is 57.2 Å². The van der Waals surface area contributed by atoms with Crippen molar-refractivity contribution in [1.29, 1.82) is 0 Å². The van der Waals surface area contributed by atoms with Crippen molar-refractivity contribution in [3.8, 4) is 0 Å². The largest absolute Gasteiger partial charge is 0.370 e. The normalized spacial score (nSPS) is 19.1. The Morgan fingerprint density at radius 2 is 2.22 bits per heavy atom. The van der Waals surface area contributed by atoms with Crippen molar-refractivity contribution in [3.05, 3.63) is 17.6 Å². The zero-order valence-electron chi connectivity index (χ0n) is 11.4. The molecule has 1 fully saturated rings. The maximum Gasteiger partial charge on any atom is 0.159 e. The number of ether oxygens (including phenoxy) is 1. The second kappa shape index (κ2) is 6.69. The lowest BCUT2D eigenvalue weighted by Crippen LogP contribution is -2.10. The van der Waals surface area contributed by atoms with Gasteiger partial charge in [0.15, 0.2) is 5.82 Å². The predicted molar refractivity (Wildman–Crippen MR) is 72.7 cm³/mol. The van der Waals surface area contributed by atoms with Gasteiger partial charge in [-0.2, -0.15) is 0 Å². The first-order valence-corrected chi connectivity index (χ1v) is 7.06. The Bertz CT molecular complexity index is 375.